The van der Waals surface area contributed by atoms with Gasteiger partial charge in [-0.25, -0.2) is 0 Å². The van der Waals surface area contributed by atoms with Crippen molar-refractivity contribution in [2.75, 3.05) is 0 Å². The van der Waals surface area contributed by atoms with Crippen LogP contribution in [0.3, 0.4) is 0 Å². The van der Waals surface area contributed by atoms with Crippen LogP contribution >= 0.6 is 11.6 Å². The van der Waals surface area contributed by atoms with Crippen LogP contribution in [0.5, 0.6) is 0 Å². The molecule has 0 unspecified atom stereocenters. The number of nitrogens with zero attached hydrogens (tertiary/aromatic N) is 4. The van der Waals surface area contributed by atoms with Gasteiger partial charge in [-0.3, -0.25) is 0 Å². The molecule has 0 aliphatic carbocycles. The average molecular weight is 221 g/mol. The lowest BCUT2D eigenvalue weighted by Gasteiger charge is -2.01. The van der Waals surface area contributed by atoms with E-state index in [9.17, 15) is 0 Å². The van der Waals surface area contributed by atoms with E-state index < -0.39 is 0 Å². The second-order valence-corrected chi connectivity index (χ2v) is 3.72. The van der Waals surface area contributed by atoms with Crippen LogP contribution in [0.15, 0.2) is 18.2 Å². The molecule has 0 spiro atoms. The summed E-state index contributed by atoms with van der Waals surface area (Å²) in [5.74, 6) is 1.05. The number of hydrogen-bond donors (Lipinski definition) is 0. The molecular formula is C10H9ClN4. The molecule has 4 nitrogen and oxygen atoms in total. The second-order valence-electron chi connectivity index (χ2n) is 3.29. The minimum Gasteiger partial charge on any atom is -0.131 e. The second kappa shape index (κ2) is 3.90. The van der Waals surface area contributed by atoms with Gasteiger partial charge in [0.15, 0.2) is 5.82 Å². The van der Waals surface area contributed by atoms with Crippen LogP contribution in [0.25, 0.3) is 11.4 Å². The van der Waals surface area contributed by atoms with Crippen molar-refractivity contribution < 1.29 is 0 Å². The molecule has 0 N–H and O–H groups in total. The Labute approximate surface area is 92.3 Å². The van der Waals surface area contributed by atoms with E-state index in [-0.39, 0.29) is 0 Å². The van der Waals surface area contributed by atoms with E-state index in [2.05, 4.69) is 20.4 Å². The number of hydrogen-bond acceptors (Lipinski definition) is 4. The van der Waals surface area contributed by atoms with Crippen LogP contribution in [-0.2, 0) is 0 Å². The summed E-state index contributed by atoms with van der Waals surface area (Å²) in [6.07, 6.45) is 0. The first kappa shape index (κ1) is 9.98. The number of aryl methyl sites for hydroxylation is 2. The van der Waals surface area contributed by atoms with Gasteiger partial charge in [-0.15, -0.1) is 20.4 Å². The van der Waals surface area contributed by atoms with E-state index >= 15 is 0 Å². The van der Waals surface area contributed by atoms with E-state index in [4.69, 9.17) is 11.6 Å². The Balaban J connectivity index is 2.49. The quantitative estimate of drug-likeness (QED) is 0.740. The third kappa shape index (κ3) is 2.27. The van der Waals surface area contributed by atoms with Crippen molar-refractivity contribution in [1.82, 2.24) is 20.4 Å². The molecule has 0 bridgehead atoms. The molecule has 0 saturated heterocycles. The normalized spacial score (nSPS) is 10.3. The Morgan fingerprint density at radius 3 is 2.20 bits per heavy atom. The summed E-state index contributed by atoms with van der Waals surface area (Å²) in [5.41, 5.74) is 1.89. The van der Waals surface area contributed by atoms with Crippen molar-refractivity contribution in [3.63, 3.8) is 0 Å². The first-order chi connectivity index (χ1) is 7.15. The topological polar surface area (TPSA) is 51.6 Å². The maximum absolute atomic E-state index is 5.93. The molecule has 0 aliphatic heterocycles. The highest BCUT2D eigenvalue weighted by Crippen LogP contribution is 2.20. The van der Waals surface area contributed by atoms with E-state index in [1.165, 1.54) is 0 Å². The molecule has 2 rings (SSSR count). The predicted octanol–water partition coefficient (Wildman–Crippen LogP) is 2.20. The van der Waals surface area contributed by atoms with Gasteiger partial charge < -0.3 is 0 Å². The smallest absolute Gasteiger partial charge is 0.131 e. The molecule has 15 heavy (non-hydrogen) atoms. The minimum atomic E-state index is 0.492. The molecular weight excluding hydrogens is 212 g/mol. The largest absolute Gasteiger partial charge is 0.203 e. The Morgan fingerprint density at radius 1 is 0.933 bits per heavy atom. The predicted molar refractivity (Wildman–Crippen MR) is 57.5 cm³/mol. The van der Waals surface area contributed by atoms with Gasteiger partial charge in [0.05, 0.1) is 0 Å². The summed E-state index contributed by atoms with van der Waals surface area (Å²) in [6.45, 7) is 3.71. The fourth-order valence-corrected chi connectivity index (χ4v) is 1.55. The molecule has 0 atom stereocenters. The standard InChI is InChI=1S/C10H9ClN4/c1-6-3-8(5-9(11)4-6)10-14-12-7(2)13-15-10/h3-5H,1-2H3. The molecule has 76 valence electrons. The Kier molecular flexibility index (Phi) is 2.60. The summed E-state index contributed by atoms with van der Waals surface area (Å²) in [5, 5.41) is 16.3. The zero-order valence-corrected chi connectivity index (χ0v) is 9.15. The zero-order chi connectivity index (χ0) is 10.8. The van der Waals surface area contributed by atoms with E-state index in [1.807, 2.05) is 19.1 Å². The summed E-state index contributed by atoms with van der Waals surface area (Å²) in [6, 6.07) is 5.61. The van der Waals surface area contributed by atoms with Gasteiger partial charge >= 0.3 is 0 Å². The molecule has 1 aromatic heterocycles. The summed E-state index contributed by atoms with van der Waals surface area (Å²) < 4.78 is 0. The van der Waals surface area contributed by atoms with Gasteiger partial charge in [0, 0.05) is 10.6 Å². The number of benzene rings is 1. The Bertz CT molecular complexity index is 461. The molecule has 1 aromatic carbocycles. The maximum Gasteiger partial charge on any atom is 0.203 e. The minimum absolute atomic E-state index is 0.492. The van der Waals surface area contributed by atoms with E-state index in [0.717, 1.165) is 11.1 Å². The van der Waals surface area contributed by atoms with E-state index in [0.29, 0.717) is 16.7 Å². The highest BCUT2D eigenvalue weighted by molar-refractivity contribution is 6.30. The molecule has 1 heterocycles. The lowest BCUT2D eigenvalue weighted by atomic mass is 10.1. The van der Waals surface area contributed by atoms with Crippen LogP contribution in [0.2, 0.25) is 5.02 Å². The fraction of sp³-hybridized carbons (Fsp3) is 0.200. The monoisotopic (exact) mass is 220 g/mol. The highest BCUT2D eigenvalue weighted by atomic mass is 35.5. The van der Waals surface area contributed by atoms with Gasteiger partial charge in [0.1, 0.15) is 0 Å². The molecule has 0 aliphatic rings. The van der Waals surface area contributed by atoms with Crippen molar-refractivity contribution in [2.45, 2.75) is 13.8 Å². The van der Waals surface area contributed by atoms with Crippen molar-refractivity contribution in [3.05, 3.63) is 34.6 Å². The van der Waals surface area contributed by atoms with E-state index in [1.54, 1.807) is 13.0 Å². The molecule has 5 heteroatoms. The highest BCUT2D eigenvalue weighted by Gasteiger charge is 2.04. The summed E-state index contributed by atoms with van der Waals surface area (Å²) in [7, 11) is 0. The van der Waals surface area contributed by atoms with Crippen molar-refractivity contribution in [1.29, 1.82) is 0 Å². The van der Waals surface area contributed by atoms with Crippen LogP contribution in [0, 0.1) is 13.8 Å². The summed E-state index contributed by atoms with van der Waals surface area (Å²) in [4.78, 5) is 0. The van der Waals surface area contributed by atoms with Crippen LogP contribution in [0.4, 0.5) is 0 Å². The Hall–Kier alpha value is -1.55. The first-order valence-corrected chi connectivity index (χ1v) is 4.84. The Morgan fingerprint density at radius 2 is 1.60 bits per heavy atom. The first-order valence-electron chi connectivity index (χ1n) is 4.47. The molecule has 0 amide bonds. The van der Waals surface area contributed by atoms with Gasteiger partial charge in [-0.05, 0) is 37.6 Å². The van der Waals surface area contributed by atoms with Crippen LogP contribution in [0.1, 0.15) is 11.4 Å². The zero-order valence-electron chi connectivity index (χ0n) is 8.40. The van der Waals surface area contributed by atoms with Crippen LogP contribution in [-0.4, -0.2) is 20.4 Å². The van der Waals surface area contributed by atoms with Crippen molar-refractivity contribution in [3.8, 4) is 11.4 Å². The van der Waals surface area contributed by atoms with Crippen molar-refractivity contribution in [2.24, 2.45) is 0 Å². The molecule has 2 aromatic rings. The average Bonchev–Trinajstić information content (AvgIpc) is 2.17. The number of aromatic nitrogens is 4. The fourth-order valence-electron chi connectivity index (χ4n) is 1.26. The van der Waals surface area contributed by atoms with Gasteiger partial charge in [-0.2, -0.15) is 0 Å². The van der Waals surface area contributed by atoms with Crippen LogP contribution < -0.4 is 0 Å². The number of rotatable bonds is 1. The van der Waals surface area contributed by atoms with Gasteiger partial charge in [0.25, 0.3) is 0 Å². The van der Waals surface area contributed by atoms with Gasteiger partial charge in [-0.1, -0.05) is 11.6 Å². The third-order valence-corrected chi connectivity index (χ3v) is 2.10. The lowest BCUT2D eigenvalue weighted by molar-refractivity contribution is 0.816. The summed E-state index contributed by atoms with van der Waals surface area (Å²) >= 11 is 5.93. The lowest BCUT2D eigenvalue weighted by Crippen LogP contribution is -1.98. The van der Waals surface area contributed by atoms with Gasteiger partial charge in [0.2, 0.25) is 5.82 Å². The van der Waals surface area contributed by atoms with Crippen molar-refractivity contribution >= 4 is 11.6 Å². The molecule has 0 radical (unpaired) electrons. The molecule has 0 fully saturated rings. The molecule has 0 saturated carbocycles. The SMILES string of the molecule is Cc1cc(Cl)cc(-c2nnc(C)nn2)c1. The maximum atomic E-state index is 5.93. The number of halogens is 1. The third-order valence-electron chi connectivity index (χ3n) is 1.88.